The summed E-state index contributed by atoms with van der Waals surface area (Å²) >= 11 is 0. The van der Waals surface area contributed by atoms with E-state index in [0.717, 1.165) is 18.4 Å². The van der Waals surface area contributed by atoms with E-state index in [1.807, 2.05) is 13.0 Å². The second kappa shape index (κ2) is 7.53. The number of methoxy groups -OCH3 is 1. The molecule has 18 heavy (non-hydrogen) atoms. The summed E-state index contributed by atoms with van der Waals surface area (Å²) in [5.74, 6) is 0.550. The van der Waals surface area contributed by atoms with Gasteiger partial charge in [-0.1, -0.05) is 13.3 Å². The van der Waals surface area contributed by atoms with Gasteiger partial charge < -0.3 is 15.4 Å². The average Bonchev–Trinajstić information content (AvgIpc) is 2.37. The molecule has 1 aromatic rings. The van der Waals surface area contributed by atoms with Crippen molar-refractivity contribution in [3.05, 3.63) is 23.9 Å². The number of nitrogens with one attached hydrogen (secondary N) is 2. The summed E-state index contributed by atoms with van der Waals surface area (Å²) in [5.41, 5.74) is 0.958. The highest BCUT2D eigenvalue weighted by atomic mass is 16.5. The van der Waals surface area contributed by atoms with Crippen molar-refractivity contribution >= 4 is 6.03 Å². The van der Waals surface area contributed by atoms with Gasteiger partial charge in [0.05, 0.1) is 7.11 Å². The Kier molecular flexibility index (Phi) is 5.97. The Hall–Kier alpha value is -1.78. The highest BCUT2D eigenvalue weighted by Gasteiger charge is 2.05. The molecule has 1 heterocycles. The zero-order valence-electron chi connectivity index (χ0n) is 11.2. The zero-order valence-corrected chi connectivity index (χ0v) is 11.2. The van der Waals surface area contributed by atoms with E-state index in [0.29, 0.717) is 12.4 Å². The van der Waals surface area contributed by atoms with Gasteiger partial charge in [0.2, 0.25) is 5.88 Å². The summed E-state index contributed by atoms with van der Waals surface area (Å²) in [7, 11) is 1.57. The van der Waals surface area contributed by atoms with E-state index in [9.17, 15) is 4.79 Å². The Labute approximate surface area is 108 Å². The molecule has 0 spiro atoms. The molecule has 0 aliphatic carbocycles. The molecule has 5 nitrogen and oxygen atoms in total. The molecule has 1 aromatic heterocycles. The normalized spacial score (nSPS) is 11.7. The van der Waals surface area contributed by atoms with Gasteiger partial charge in [-0.15, -0.1) is 0 Å². The number of hydrogen-bond donors (Lipinski definition) is 2. The van der Waals surface area contributed by atoms with E-state index in [-0.39, 0.29) is 12.1 Å². The number of urea groups is 1. The van der Waals surface area contributed by atoms with Gasteiger partial charge >= 0.3 is 6.03 Å². The van der Waals surface area contributed by atoms with Gasteiger partial charge in [-0.05, 0) is 25.0 Å². The molecule has 0 aliphatic heterocycles. The van der Waals surface area contributed by atoms with E-state index < -0.39 is 0 Å². The second-order valence-corrected chi connectivity index (χ2v) is 4.22. The molecule has 0 unspecified atom stereocenters. The molecular formula is C13H21N3O2. The SMILES string of the molecule is CCC[C@H](C)NC(=O)NCc1ccnc(OC)c1. The summed E-state index contributed by atoms with van der Waals surface area (Å²) < 4.78 is 5.02. The summed E-state index contributed by atoms with van der Waals surface area (Å²) in [6, 6.07) is 3.70. The molecule has 0 aromatic carbocycles. The first-order chi connectivity index (χ1) is 8.65. The number of ether oxygens (including phenoxy) is 1. The van der Waals surface area contributed by atoms with Crippen LogP contribution in [-0.2, 0) is 6.54 Å². The number of aromatic nitrogens is 1. The van der Waals surface area contributed by atoms with Gasteiger partial charge in [0.25, 0.3) is 0 Å². The highest BCUT2D eigenvalue weighted by molar-refractivity contribution is 5.74. The minimum absolute atomic E-state index is 0.147. The molecule has 2 N–H and O–H groups in total. The molecule has 0 bridgehead atoms. The lowest BCUT2D eigenvalue weighted by Crippen LogP contribution is -2.40. The van der Waals surface area contributed by atoms with Crippen molar-refractivity contribution in [2.45, 2.75) is 39.3 Å². The number of amides is 2. The number of carbonyl (C=O) groups excluding carboxylic acids is 1. The fraction of sp³-hybridized carbons (Fsp3) is 0.538. The molecule has 0 fully saturated rings. The molecule has 100 valence electrons. The van der Waals surface area contributed by atoms with Crippen LogP contribution in [0.5, 0.6) is 5.88 Å². The van der Waals surface area contributed by atoms with Crippen LogP contribution in [0.25, 0.3) is 0 Å². The van der Waals surface area contributed by atoms with Gasteiger partial charge in [-0.2, -0.15) is 0 Å². The predicted octanol–water partition coefficient (Wildman–Crippen LogP) is 2.08. The smallest absolute Gasteiger partial charge is 0.315 e. The van der Waals surface area contributed by atoms with Gasteiger partial charge in [-0.25, -0.2) is 9.78 Å². The third-order valence-corrected chi connectivity index (χ3v) is 2.56. The van der Waals surface area contributed by atoms with Crippen LogP contribution in [0.2, 0.25) is 0 Å². The predicted molar refractivity (Wildman–Crippen MR) is 70.5 cm³/mol. The van der Waals surface area contributed by atoms with Crippen molar-refractivity contribution < 1.29 is 9.53 Å². The first-order valence-corrected chi connectivity index (χ1v) is 6.19. The van der Waals surface area contributed by atoms with Crippen LogP contribution >= 0.6 is 0 Å². The van der Waals surface area contributed by atoms with Crippen molar-refractivity contribution in [1.29, 1.82) is 0 Å². The van der Waals surface area contributed by atoms with Crippen LogP contribution in [-0.4, -0.2) is 24.2 Å². The first-order valence-electron chi connectivity index (χ1n) is 6.19. The molecule has 0 radical (unpaired) electrons. The van der Waals surface area contributed by atoms with Crippen molar-refractivity contribution in [3.63, 3.8) is 0 Å². The van der Waals surface area contributed by atoms with E-state index in [1.54, 1.807) is 19.4 Å². The fourth-order valence-corrected chi connectivity index (χ4v) is 1.63. The molecule has 0 saturated heterocycles. The largest absolute Gasteiger partial charge is 0.481 e. The Morgan fingerprint density at radius 3 is 3.00 bits per heavy atom. The quantitative estimate of drug-likeness (QED) is 0.813. The fourth-order valence-electron chi connectivity index (χ4n) is 1.63. The second-order valence-electron chi connectivity index (χ2n) is 4.22. The molecule has 1 atom stereocenters. The van der Waals surface area contributed by atoms with Crippen LogP contribution in [0, 0.1) is 0 Å². The van der Waals surface area contributed by atoms with Crippen molar-refractivity contribution in [2.24, 2.45) is 0 Å². The Morgan fingerprint density at radius 1 is 1.56 bits per heavy atom. The molecule has 5 heteroatoms. The summed E-state index contributed by atoms with van der Waals surface area (Å²) in [6.07, 6.45) is 3.70. The van der Waals surface area contributed by atoms with Crippen LogP contribution < -0.4 is 15.4 Å². The number of carbonyl (C=O) groups is 1. The number of rotatable bonds is 6. The summed E-state index contributed by atoms with van der Waals surface area (Å²) in [5, 5.41) is 5.69. The van der Waals surface area contributed by atoms with Crippen LogP contribution in [0.4, 0.5) is 4.79 Å². The maximum atomic E-state index is 11.6. The standard InChI is InChI=1S/C13H21N3O2/c1-4-5-10(2)16-13(17)15-9-11-6-7-14-12(8-11)18-3/h6-8,10H,4-5,9H2,1-3H3,(H2,15,16,17)/t10-/m0/s1. The van der Waals surface area contributed by atoms with E-state index in [2.05, 4.69) is 22.5 Å². The lowest BCUT2D eigenvalue weighted by Gasteiger charge is -2.13. The topological polar surface area (TPSA) is 63.2 Å². The van der Waals surface area contributed by atoms with E-state index in [4.69, 9.17) is 4.74 Å². The maximum Gasteiger partial charge on any atom is 0.315 e. The van der Waals surface area contributed by atoms with E-state index in [1.165, 1.54) is 0 Å². The van der Waals surface area contributed by atoms with Gasteiger partial charge in [-0.3, -0.25) is 0 Å². The lowest BCUT2D eigenvalue weighted by atomic mass is 10.2. The van der Waals surface area contributed by atoms with Crippen LogP contribution in [0.1, 0.15) is 32.3 Å². The molecule has 0 aliphatic rings. The van der Waals surface area contributed by atoms with Gasteiger partial charge in [0, 0.05) is 24.8 Å². The van der Waals surface area contributed by atoms with Crippen molar-refractivity contribution in [1.82, 2.24) is 15.6 Å². The minimum atomic E-state index is -0.147. The molecule has 1 rings (SSSR count). The first kappa shape index (κ1) is 14.3. The van der Waals surface area contributed by atoms with Crippen LogP contribution in [0.15, 0.2) is 18.3 Å². The third kappa shape index (κ3) is 5.03. The van der Waals surface area contributed by atoms with E-state index >= 15 is 0 Å². The third-order valence-electron chi connectivity index (χ3n) is 2.56. The zero-order chi connectivity index (χ0) is 13.4. The average molecular weight is 251 g/mol. The number of hydrogen-bond acceptors (Lipinski definition) is 3. The molecular weight excluding hydrogens is 230 g/mol. The minimum Gasteiger partial charge on any atom is -0.481 e. The van der Waals surface area contributed by atoms with Gasteiger partial charge in [0.15, 0.2) is 0 Å². The van der Waals surface area contributed by atoms with Crippen molar-refractivity contribution in [2.75, 3.05) is 7.11 Å². The maximum absolute atomic E-state index is 11.6. The summed E-state index contributed by atoms with van der Waals surface area (Å²) in [6.45, 7) is 4.56. The Morgan fingerprint density at radius 2 is 2.33 bits per heavy atom. The Balaban J connectivity index is 2.37. The van der Waals surface area contributed by atoms with Crippen LogP contribution in [0.3, 0.4) is 0 Å². The number of pyridine rings is 1. The number of nitrogens with zero attached hydrogens (tertiary/aromatic N) is 1. The summed E-state index contributed by atoms with van der Waals surface area (Å²) in [4.78, 5) is 15.6. The highest BCUT2D eigenvalue weighted by Crippen LogP contribution is 2.07. The molecule has 2 amide bonds. The lowest BCUT2D eigenvalue weighted by molar-refractivity contribution is 0.236. The Bertz CT molecular complexity index is 382. The van der Waals surface area contributed by atoms with Gasteiger partial charge in [0.1, 0.15) is 0 Å². The monoisotopic (exact) mass is 251 g/mol. The molecule has 0 saturated carbocycles. The van der Waals surface area contributed by atoms with Crippen molar-refractivity contribution in [3.8, 4) is 5.88 Å².